The molecule has 35 heavy (non-hydrogen) atoms. The Bertz CT molecular complexity index is 671. The number of aliphatic carboxylic acids is 1. The predicted molar refractivity (Wildman–Crippen MR) is 141 cm³/mol. The third-order valence-electron chi connectivity index (χ3n) is 5.76. The lowest BCUT2D eigenvalue weighted by molar-refractivity contribution is -0.155. The smallest absolute Gasteiger partial charge is 0.306 e. The average molecular weight is 492 g/mol. The molecule has 0 saturated heterocycles. The van der Waals surface area contributed by atoms with Gasteiger partial charge in [0, 0.05) is 19.4 Å². The first kappa shape index (κ1) is 31.1. The first-order chi connectivity index (χ1) is 16.8. The minimum atomic E-state index is -0.701. The van der Waals surface area contributed by atoms with Gasteiger partial charge in [0.2, 0.25) is 0 Å². The maximum atomic E-state index is 11.8. The van der Waals surface area contributed by atoms with Gasteiger partial charge >= 0.3 is 11.9 Å². The van der Waals surface area contributed by atoms with Gasteiger partial charge in [-0.25, -0.2) is 0 Å². The van der Waals surface area contributed by atoms with Crippen LogP contribution in [0.15, 0.2) is 30.3 Å². The fourth-order valence-corrected chi connectivity index (χ4v) is 3.96. The second kappa shape index (κ2) is 19.3. The van der Waals surface area contributed by atoms with Gasteiger partial charge in [0.05, 0.1) is 6.61 Å². The van der Waals surface area contributed by atoms with Crippen LogP contribution in [-0.2, 0) is 25.7 Å². The molecular formula is C29H49NO5. The van der Waals surface area contributed by atoms with Crippen molar-refractivity contribution in [2.45, 2.75) is 110 Å². The third-order valence-corrected chi connectivity index (χ3v) is 5.76. The Morgan fingerprint density at radius 1 is 0.771 bits per heavy atom. The number of carboxylic acid groups (broad SMARTS) is 1. The molecule has 0 atom stereocenters. The van der Waals surface area contributed by atoms with E-state index in [2.05, 4.69) is 17.0 Å². The number of carbonyl (C=O) groups excluding carboxylic acids is 1. The molecule has 0 saturated carbocycles. The Kier molecular flexibility index (Phi) is 17.1. The molecule has 0 amide bonds. The number of carbonyl (C=O) groups is 2. The van der Waals surface area contributed by atoms with Crippen molar-refractivity contribution in [1.29, 1.82) is 0 Å². The van der Waals surface area contributed by atoms with Crippen molar-refractivity contribution in [3.05, 3.63) is 35.9 Å². The van der Waals surface area contributed by atoms with E-state index in [0.29, 0.717) is 13.0 Å². The lowest BCUT2D eigenvalue weighted by atomic mass is 10.1. The quantitative estimate of drug-likeness (QED) is 0.154. The summed E-state index contributed by atoms with van der Waals surface area (Å²) in [6, 6.07) is 10.3. The molecule has 6 heteroatoms. The highest BCUT2D eigenvalue weighted by atomic mass is 16.6. The van der Waals surface area contributed by atoms with Crippen LogP contribution < -0.4 is 0 Å². The van der Waals surface area contributed by atoms with E-state index < -0.39 is 11.6 Å². The van der Waals surface area contributed by atoms with Crippen molar-refractivity contribution in [2.75, 3.05) is 26.2 Å². The number of ether oxygens (including phenoxy) is 2. The van der Waals surface area contributed by atoms with Crippen molar-refractivity contribution in [2.24, 2.45) is 0 Å². The summed E-state index contributed by atoms with van der Waals surface area (Å²) in [6.07, 6.45) is 11.1. The first-order valence-corrected chi connectivity index (χ1v) is 13.5. The maximum absolute atomic E-state index is 11.8. The molecule has 1 aromatic carbocycles. The lowest BCUT2D eigenvalue weighted by Gasteiger charge is -2.22. The highest BCUT2D eigenvalue weighted by Crippen LogP contribution is 2.12. The second-order valence-electron chi connectivity index (χ2n) is 10.4. The summed E-state index contributed by atoms with van der Waals surface area (Å²) in [5.74, 6) is -0.802. The van der Waals surface area contributed by atoms with Gasteiger partial charge in [0.1, 0.15) is 5.60 Å². The highest BCUT2D eigenvalue weighted by Gasteiger charge is 2.15. The molecule has 0 aromatic heterocycles. The lowest BCUT2D eigenvalue weighted by Crippen LogP contribution is -2.27. The molecular weight excluding hydrogens is 442 g/mol. The Hall–Kier alpha value is -1.92. The number of esters is 1. The summed E-state index contributed by atoms with van der Waals surface area (Å²) in [7, 11) is 0. The molecule has 0 spiro atoms. The Labute approximate surface area is 213 Å². The minimum absolute atomic E-state index is 0.100. The Morgan fingerprint density at radius 3 is 1.89 bits per heavy atom. The molecule has 0 heterocycles. The summed E-state index contributed by atoms with van der Waals surface area (Å²) in [4.78, 5) is 25.0. The van der Waals surface area contributed by atoms with Gasteiger partial charge in [0.15, 0.2) is 0 Å². The van der Waals surface area contributed by atoms with Gasteiger partial charge in [0.25, 0.3) is 0 Å². The number of carboxylic acids is 1. The molecule has 1 N–H and O–H groups in total. The third kappa shape index (κ3) is 20.0. The number of rotatable bonds is 21. The van der Waals surface area contributed by atoms with Gasteiger partial charge in [-0.05, 0) is 84.5 Å². The van der Waals surface area contributed by atoms with E-state index in [1.807, 2.05) is 39.0 Å². The standard InChI is InChI=1S/C29H49NO5/c1-29(2,3)35-28(33)20-12-5-7-14-22-30(21-13-6-4-11-19-27(31)32)23-15-16-24-34-25-26-17-9-8-10-18-26/h8-10,17-18H,4-7,11-16,19-25H2,1-3H3,(H,31,32). The zero-order valence-corrected chi connectivity index (χ0v) is 22.4. The summed E-state index contributed by atoms with van der Waals surface area (Å²) in [5, 5.41) is 8.78. The van der Waals surface area contributed by atoms with Gasteiger partial charge in [-0.15, -0.1) is 0 Å². The number of benzene rings is 1. The Balaban J connectivity index is 2.21. The fraction of sp³-hybridized carbons (Fsp3) is 0.724. The van der Waals surface area contributed by atoms with E-state index in [1.54, 1.807) is 0 Å². The van der Waals surface area contributed by atoms with E-state index in [9.17, 15) is 9.59 Å². The molecule has 1 aromatic rings. The zero-order valence-electron chi connectivity index (χ0n) is 22.4. The molecule has 0 aliphatic rings. The minimum Gasteiger partial charge on any atom is -0.481 e. The van der Waals surface area contributed by atoms with Crippen molar-refractivity contribution >= 4 is 11.9 Å². The van der Waals surface area contributed by atoms with Crippen LogP contribution in [0.2, 0.25) is 0 Å². The number of unbranched alkanes of at least 4 members (excludes halogenated alkanes) is 7. The van der Waals surface area contributed by atoms with E-state index >= 15 is 0 Å². The van der Waals surface area contributed by atoms with E-state index in [0.717, 1.165) is 90.4 Å². The van der Waals surface area contributed by atoms with Crippen LogP contribution in [0.1, 0.15) is 103 Å². The van der Waals surface area contributed by atoms with Gasteiger partial charge < -0.3 is 19.5 Å². The monoisotopic (exact) mass is 491 g/mol. The van der Waals surface area contributed by atoms with E-state index in [4.69, 9.17) is 14.6 Å². The van der Waals surface area contributed by atoms with Gasteiger partial charge in [-0.1, -0.05) is 56.0 Å². The van der Waals surface area contributed by atoms with Crippen LogP contribution in [0.5, 0.6) is 0 Å². The molecule has 0 aliphatic heterocycles. The van der Waals surface area contributed by atoms with Crippen LogP contribution in [0.3, 0.4) is 0 Å². The summed E-state index contributed by atoms with van der Waals surface area (Å²) in [5.41, 5.74) is 0.807. The topological polar surface area (TPSA) is 76.1 Å². The second-order valence-corrected chi connectivity index (χ2v) is 10.4. The molecule has 6 nitrogen and oxygen atoms in total. The first-order valence-electron chi connectivity index (χ1n) is 13.5. The van der Waals surface area contributed by atoms with E-state index in [-0.39, 0.29) is 12.4 Å². The van der Waals surface area contributed by atoms with E-state index in [1.165, 1.54) is 5.56 Å². The zero-order chi connectivity index (χ0) is 25.8. The van der Waals surface area contributed by atoms with Crippen molar-refractivity contribution in [1.82, 2.24) is 4.90 Å². The molecule has 0 unspecified atom stereocenters. The Morgan fingerprint density at radius 2 is 1.31 bits per heavy atom. The maximum Gasteiger partial charge on any atom is 0.306 e. The van der Waals surface area contributed by atoms with Crippen LogP contribution in [0.4, 0.5) is 0 Å². The fourth-order valence-electron chi connectivity index (χ4n) is 3.96. The van der Waals surface area contributed by atoms with Crippen LogP contribution in [0.25, 0.3) is 0 Å². The number of hydrogen-bond donors (Lipinski definition) is 1. The summed E-state index contributed by atoms with van der Waals surface area (Å²) >= 11 is 0. The van der Waals surface area contributed by atoms with Crippen LogP contribution >= 0.6 is 0 Å². The predicted octanol–water partition coefficient (Wildman–Crippen LogP) is 6.61. The van der Waals surface area contributed by atoms with Crippen molar-refractivity contribution in [3.8, 4) is 0 Å². The van der Waals surface area contributed by atoms with Crippen molar-refractivity contribution in [3.63, 3.8) is 0 Å². The molecule has 0 radical (unpaired) electrons. The summed E-state index contributed by atoms with van der Waals surface area (Å²) in [6.45, 7) is 10.4. The number of nitrogens with zero attached hydrogens (tertiary/aromatic N) is 1. The normalized spacial score (nSPS) is 11.7. The van der Waals surface area contributed by atoms with Crippen molar-refractivity contribution < 1.29 is 24.2 Å². The largest absolute Gasteiger partial charge is 0.481 e. The molecule has 0 aliphatic carbocycles. The van der Waals surface area contributed by atoms with Crippen LogP contribution in [0, 0.1) is 0 Å². The summed E-state index contributed by atoms with van der Waals surface area (Å²) < 4.78 is 11.2. The SMILES string of the molecule is CC(C)(C)OC(=O)CCCCCCN(CCCCCCC(=O)O)CCCCOCc1ccccc1. The molecule has 0 fully saturated rings. The molecule has 0 bridgehead atoms. The average Bonchev–Trinajstić information content (AvgIpc) is 2.79. The molecule has 1 rings (SSSR count). The van der Waals surface area contributed by atoms with Gasteiger partial charge in [-0.3, -0.25) is 9.59 Å². The molecule has 200 valence electrons. The highest BCUT2D eigenvalue weighted by molar-refractivity contribution is 5.69. The van der Waals surface area contributed by atoms with Crippen LogP contribution in [-0.4, -0.2) is 53.8 Å². The van der Waals surface area contributed by atoms with Gasteiger partial charge in [-0.2, -0.15) is 0 Å². The number of hydrogen-bond acceptors (Lipinski definition) is 5.